The normalized spacial score (nSPS) is 11.9. The first kappa shape index (κ1) is 12.3. The average Bonchev–Trinajstić information content (AvgIpc) is 2.28. The largest absolute Gasteiger partial charge is 0.325 e. The second-order valence-electron chi connectivity index (χ2n) is 3.98. The number of rotatable bonds is 3. The Balaban J connectivity index is 2.67. The highest BCUT2D eigenvalue weighted by Gasteiger charge is 2.16. The van der Waals surface area contributed by atoms with E-state index in [2.05, 4.69) is 11.2 Å². The summed E-state index contributed by atoms with van der Waals surface area (Å²) in [5, 5.41) is 2.74. The highest BCUT2D eigenvalue weighted by atomic mass is 16.2. The van der Waals surface area contributed by atoms with Crippen molar-refractivity contribution in [3.63, 3.8) is 0 Å². The van der Waals surface area contributed by atoms with Crippen molar-refractivity contribution < 1.29 is 4.79 Å². The molecule has 1 atom stereocenters. The van der Waals surface area contributed by atoms with Crippen molar-refractivity contribution in [3.05, 3.63) is 29.8 Å². The van der Waals surface area contributed by atoms with Crippen LogP contribution in [0.25, 0.3) is 0 Å². The highest BCUT2D eigenvalue weighted by Crippen LogP contribution is 2.10. The van der Waals surface area contributed by atoms with Crippen LogP contribution in [0, 0.1) is 18.3 Å². The van der Waals surface area contributed by atoms with Crippen molar-refractivity contribution in [2.24, 2.45) is 11.7 Å². The fourth-order valence-corrected chi connectivity index (χ4v) is 1.18. The molecule has 0 bridgehead atoms. The Labute approximate surface area is 96.0 Å². The molecule has 0 radical (unpaired) electrons. The highest BCUT2D eigenvalue weighted by molar-refractivity contribution is 5.94. The van der Waals surface area contributed by atoms with Crippen LogP contribution in [0.4, 0.5) is 5.69 Å². The van der Waals surface area contributed by atoms with Crippen molar-refractivity contribution in [2.45, 2.75) is 19.9 Å². The minimum absolute atomic E-state index is 0.116. The first-order chi connectivity index (χ1) is 7.54. The molecule has 16 heavy (non-hydrogen) atoms. The van der Waals surface area contributed by atoms with Crippen molar-refractivity contribution in [2.75, 3.05) is 5.32 Å². The van der Waals surface area contributed by atoms with E-state index in [4.69, 9.17) is 12.2 Å². The number of hydrogen-bond donors (Lipinski definition) is 2. The quantitative estimate of drug-likeness (QED) is 0.754. The number of hydrogen-bond acceptors (Lipinski definition) is 2. The Morgan fingerprint density at radius 2 is 1.94 bits per heavy atom. The molecule has 0 saturated carbocycles. The van der Waals surface area contributed by atoms with E-state index in [0.717, 1.165) is 5.56 Å². The van der Waals surface area contributed by atoms with E-state index in [-0.39, 0.29) is 11.8 Å². The van der Waals surface area contributed by atoms with Crippen molar-refractivity contribution >= 4 is 11.6 Å². The van der Waals surface area contributed by atoms with Gasteiger partial charge in [0.1, 0.15) is 0 Å². The van der Waals surface area contributed by atoms with E-state index in [1.807, 2.05) is 13.8 Å². The molecule has 1 amide bonds. The summed E-state index contributed by atoms with van der Waals surface area (Å²) in [6.45, 7) is 3.82. The smallest absolute Gasteiger partial charge is 0.241 e. The summed E-state index contributed by atoms with van der Waals surface area (Å²) >= 11 is 0. The van der Waals surface area contributed by atoms with E-state index in [9.17, 15) is 4.79 Å². The van der Waals surface area contributed by atoms with E-state index in [0.29, 0.717) is 5.69 Å². The monoisotopic (exact) mass is 216 g/mol. The maximum atomic E-state index is 11.6. The van der Waals surface area contributed by atoms with Gasteiger partial charge in [-0.2, -0.15) is 0 Å². The van der Waals surface area contributed by atoms with Crippen LogP contribution < -0.4 is 11.1 Å². The lowest BCUT2D eigenvalue weighted by Gasteiger charge is -2.15. The van der Waals surface area contributed by atoms with Gasteiger partial charge in [0.25, 0.3) is 0 Å². The summed E-state index contributed by atoms with van der Waals surface area (Å²) in [6.07, 6.45) is 5.23. The van der Waals surface area contributed by atoms with Gasteiger partial charge in [0.15, 0.2) is 0 Å². The number of carbonyl (C=O) groups is 1. The van der Waals surface area contributed by atoms with E-state index in [1.54, 1.807) is 24.3 Å². The van der Waals surface area contributed by atoms with Gasteiger partial charge in [-0.3, -0.25) is 4.79 Å². The molecule has 0 unspecified atom stereocenters. The average molecular weight is 216 g/mol. The molecule has 1 aromatic rings. The van der Waals surface area contributed by atoms with Gasteiger partial charge < -0.3 is 11.1 Å². The SMILES string of the molecule is C#Cc1ccc(NC(=O)[C@@H](N)C(C)C)cc1. The Bertz CT molecular complexity index is 401. The Hall–Kier alpha value is -1.79. The van der Waals surface area contributed by atoms with Gasteiger partial charge in [-0.25, -0.2) is 0 Å². The molecule has 3 nitrogen and oxygen atoms in total. The molecule has 0 heterocycles. The molecule has 0 fully saturated rings. The minimum Gasteiger partial charge on any atom is -0.325 e. The van der Waals surface area contributed by atoms with Gasteiger partial charge >= 0.3 is 0 Å². The molecule has 0 aliphatic carbocycles. The lowest BCUT2D eigenvalue weighted by molar-refractivity contribution is -0.118. The third-order valence-corrected chi connectivity index (χ3v) is 2.34. The summed E-state index contributed by atoms with van der Waals surface area (Å²) < 4.78 is 0. The van der Waals surface area contributed by atoms with Crippen LogP contribution in [0.5, 0.6) is 0 Å². The van der Waals surface area contributed by atoms with Crippen molar-refractivity contribution in [3.8, 4) is 12.3 Å². The van der Waals surface area contributed by atoms with Crippen molar-refractivity contribution in [1.29, 1.82) is 0 Å². The van der Waals surface area contributed by atoms with Crippen LogP contribution in [0.15, 0.2) is 24.3 Å². The first-order valence-corrected chi connectivity index (χ1v) is 5.17. The predicted molar refractivity (Wildman–Crippen MR) is 65.8 cm³/mol. The molecule has 3 heteroatoms. The molecule has 84 valence electrons. The summed E-state index contributed by atoms with van der Waals surface area (Å²) in [6, 6.07) is 6.58. The number of amides is 1. The molecule has 0 saturated heterocycles. The molecular weight excluding hydrogens is 200 g/mol. The van der Waals surface area contributed by atoms with Crippen LogP contribution in [-0.2, 0) is 4.79 Å². The van der Waals surface area contributed by atoms with Gasteiger partial charge in [-0.05, 0) is 30.2 Å². The van der Waals surface area contributed by atoms with Gasteiger partial charge in [0.2, 0.25) is 5.91 Å². The molecule has 0 aliphatic heterocycles. The van der Waals surface area contributed by atoms with E-state index in [1.165, 1.54) is 0 Å². The second kappa shape index (κ2) is 5.34. The number of anilines is 1. The van der Waals surface area contributed by atoms with Gasteiger partial charge in [0, 0.05) is 11.3 Å². The predicted octanol–water partition coefficient (Wildman–Crippen LogP) is 1.59. The standard InChI is InChI=1S/C13H16N2O/c1-4-10-5-7-11(8-6-10)15-13(16)12(14)9(2)3/h1,5-9,12H,14H2,2-3H3,(H,15,16)/t12-/m0/s1. The first-order valence-electron chi connectivity index (χ1n) is 5.17. The number of terminal acetylenes is 1. The third kappa shape index (κ3) is 3.11. The van der Waals surface area contributed by atoms with E-state index < -0.39 is 6.04 Å². The Kier molecular flexibility index (Phi) is 4.10. The van der Waals surface area contributed by atoms with Crippen LogP contribution >= 0.6 is 0 Å². The van der Waals surface area contributed by atoms with E-state index >= 15 is 0 Å². The summed E-state index contributed by atoms with van der Waals surface area (Å²) in [5.74, 6) is 2.45. The summed E-state index contributed by atoms with van der Waals surface area (Å²) in [5.41, 5.74) is 7.21. The molecule has 0 aromatic heterocycles. The fraction of sp³-hybridized carbons (Fsp3) is 0.308. The molecular formula is C13H16N2O. The molecule has 1 aromatic carbocycles. The summed E-state index contributed by atoms with van der Waals surface area (Å²) in [4.78, 5) is 11.6. The zero-order chi connectivity index (χ0) is 12.1. The van der Waals surface area contributed by atoms with Crippen LogP contribution in [-0.4, -0.2) is 11.9 Å². The lowest BCUT2D eigenvalue weighted by atomic mass is 10.0. The Morgan fingerprint density at radius 3 is 2.38 bits per heavy atom. The number of nitrogens with one attached hydrogen (secondary N) is 1. The molecule has 1 rings (SSSR count). The van der Waals surface area contributed by atoms with Crippen LogP contribution in [0.1, 0.15) is 19.4 Å². The minimum atomic E-state index is -0.493. The topological polar surface area (TPSA) is 55.1 Å². The van der Waals surface area contributed by atoms with Gasteiger partial charge in [0.05, 0.1) is 6.04 Å². The molecule has 0 spiro atoms. The zero-order valence-corrected chi connectivity index (χ0v) is 9.53. The zero-order valence-electron chi connectivity index (χ0n) is 9.53. The van der Waals surface area contributed by atoms with Crippen LogP contribution in [0.3, 0.4) is 0 Å². The van der Waals surface area contributed by atoms with Gasteiger partial charge in [-0.1, -0.05) is 19.8 Å². The fourth-order valence-electron chi connectivity index (χ4n) is 1.18. The lowest BCUT2D eigenvalue weighted by Crippen LogP contribution is -2.39. The number of carbonyl (C=O) groups excluding carboxylic acids is 1. The summed E-state index contributed by atoms with van der Waals surface area (Å²) in [7, 11) is 0. The van der Waals surface area contributed by atoms with Crippen LogP contribution in [0.2, 0.25) is 0 Å². The van der Waals surface area contributed by atoms with Gasteiger partial charge in [-0.15, -0.1) is 6.42 Å². The molecule has 3 N–H and O–H groups in total. The maximum Gasteiger partial charge on any atom is 0.241 e. The van der Waals surface area contributed by atoms with Crippen molar-refractivity contribution in [1.82, 2.24) is 0 Å². The molecule has 0 aliphatic rings. The number of nitrogens with two attached hydrogens (primary N) is 1. The third-order valence-electron chi connectivity index (χ3n) is 2.34. The second-order valence-corrected chi connectivity index (χ2v) is 3.98. The Morgan fingerprint density at radius 1 is 1.38 bits per heavy atom. The number of benzene rings is 1. The maximum absolute atomic E-state index is 11.6.